The van der Waals surface area contributed by atoms with Crippen molar-refractivity contribution < 1.29 is 19.0 Å². The van der Waals surface area contributed by atoms with Gasteiger partial charge >= 0.3 is 0 Å². The molecule has 7 heteroatoms. The van der Waals surface area contributed by atoms with E-state index >= 15 is 0 Å². The standard InChI is InChI=1S/C22H37N3O4/c1-27-19-15-17(16-20(28-2)21(19)29-3)22(26)25-12-8-7-11-23-13-14-24-18-9-5-4-6-10-18/h15-16,18,23-24H,4-14H2,1-3H3,(H,25,26). The first-order chi connectivity index (χ1) is 14.2. The molecule has 29 heavy (non-hydrogen) atoms. The van der Waals surface area contributed by atoms with Crippen LogP contribution in [0.25, 0.3) is 0 Å². The summed E-state index contributed by atoms with van der Waals surface area (Å²) in [6.07, 6.45) is 8.74. The highest BCUT2D eigenvalue weighted by atomic mass is 16.5. The summed E-state index contributed by atoms with van der Waals surface area (Å²) in [7, 11) is 4.62. The summed E-state index contributed by atoms with van der Waals surface area (Å²) in [6, 6.07) is 4.05. The third-order valence-electron chi connectivity index (χ3n) is 5.33. The van der Waals surface area contributed by atoms with E-state index in [1.165, 1.54) is 46.3 Å². The molecule has 0 aromatic heterocycles. The number of nitrogens with one attached hydrogen (secondary N) is 3. The highest BCUT2D eigenvalue weighted by Gasteiger charge is 2.16. The molecule has 0 saturated heterocycles. The van der Waals surface area contributed by atoms with Crippen LogP contribution in [0.3, 0.4) is 0 Å². The number of carbonyl (C=O) groups excluding carboxylic acids is 1. The van der Waals surface area contributed by atoms with Gasteiger partial charge in [-0.15, -0.1) is 0 Å². The third-order valence-corrected chi connectivity index (χ3v) is 5.33. The Balaban J connectivity index is 1.59. The van der Waals surface area contributed by atoms with Crippen molar-refractivity contribution in [3.8, 4) is 17.2 Å². The maximum atomic E-state index is 12.4. The van der Waals surface area contributed by atoms with Crippen molar-refractivity contribution in [2.24, 2.45) is 0 Å². The van der Waals surface area contributed by atoms with E-state index in [0.717, 1.165) is 38.5 Å². The van der Waals surface area contributed by atoms with Crippen LogP contribution < -0.4 is 30.2 Å². The molecule has 164 valence electrons. The van der Waals surface area contributed by atoms with Crippen LogP contribution in [0.15, 0.2) is 12.1 Å². The summed E-state index contributed by atoms with van der Waals surface area (Å²) in [5.41, 5.74) is 0.492. The van der Waals surface area contributed by atoms with Gasteiger partial charge < -0.3 is 30.2 Å². The first-order valence-corrected chi connectivity index (χ1v) is 10.7. The largest absolute Gasteiger partial charge is 0.493 e. The SMILES string of the molecule is COc1cc(C(=O)NCCCCNCCNC2CCCCC2)cc(OC)c1OC. The summed E-state index contributed by atoms with van der Waals surface area (Å²) in [4.78, 5) is 12.4. The van der Waals surface area contributed by atoms with Gasteiger partial charge in [-0.2, -0.15) is 0 Å². The molecule has 2 rings (SSSR count). The van der Waals surface area contributed by atoms with Gasteiger partial charge in [-0.05, 0) is 44.4 Å². The maximum absolute atomic E-state index is 12.4. The van der Waals surface area contributed by atoms with Gasteiger partial charge in [0.2, 0.25) is 5.75 Å². The summed E-state index contributed by atoms with van der Waals surface area (Å²) >= 11 is 0. The second-order valence-electron chi connectivity index (χ2n) is 7.42. The van der Waals surface area contributed by atoms with Crippen molar-refractivity contribution in [1.29, 1.82) is 0 Å². The molecule has 0 aliphatic heterocycles. The second-order valence-corrected chi connectivity index (χ2v) is 7.42. The smallest absolute Gasteiger partial charge is 0.251 e. The van der Waals surface area contributed by atoms with Crippen LogP contribution in [-0.2, 0) is 0 Å². The van der Waals surface area contributed by atoms with Gasteiger partial charge in [-0.1, -0.05) is 19.3 Å². The number of methoxy groups -OCH3 is 3. The lowest BCUT2D eigenvalue weighted by Gasteiger charge is -2.22. The fourth-order valence-electron chi connectivity index (χ4n) is 3.69. The Labute approximate surface area is 174 Å². The highest BCUT2D eigenvalue weighted by Crippen LogP contribution is 2.38. The van der Waals surface area contributed by atoms with Crippen molar-refractivity contribution in [1.82, 2.24) is 16.0 Å². The van der Waals surface area contributed by atoms with Crippen molar-refractivity contribution in [3.63, 3.8) is 0 Å². The van der Waals surface area contributed by atoms with Gasteiger partial charge in [0, 0.05) is 31.2 Å². The molecule has 1 saturated carbocycles. The lowest BCUT2D eigenvalue weighted by Crippen LogP contribution is -2.36. The predicted octanol–water partition coefficient (Wildman–Crippen LogP) is 2.73. The lowest BCUT2D eigenvalue weighted by molar-refractivity contribution is 0.0952. The van der Waals surface area contributed by atoms with Crippen LogP contribution in [0, 0.1) is 0 Å². The van der Waals surface area contributed by atoms with E-state index < -0.39 is 0 Å². The molecule has 1 amide bonds. The van der Waals surface area contributed by atoms with E-state index in [1.54, 1.807) is 19.2 Å². The summed E-state index contributed by atoms with van der Waals surface area (Å²) in [5, 5.41) is 10.1. The number of rotatable bonds is 13. The number of hydrogen-bond acceptors (Lipinski definition) is 6. The summed E-state index contributed by atoms with van der Waals surface area (Å²) in [5.74, 6) is 1.29. The van der Waals surface area contributed by atoms with Crippen molar-refractivity contribution in [2.75, 3.05) is 47.5 Å². The summed E-state index contributed by atoms with van der Waals surface area (Å²) < 4.78 is 15.9. The predicted molar refractivity (Wildman–Crippen MR) is 115 cm³/mol. The van der Waals surface area contributed by atoms with Crippen LogP contribution in [0.1, 0.15) is 55.3 Å². The normalized spacial score (nSPS) is 14.4. The molecule has 0 unspecified atom stereocenters. The van der Waals surface area contributed by atoms with Gasteiger partial charge in [-0.25, -0.2) is 0 Å². The van der Waals surface area contributed by atoms with Crippen LogP contribution in [0.2, 0.25) is 0 Å². The molecule has 0 spiro atoms. The first kappa shape index (κ1) is 23.3. The number of benzene rings is 1. The topological polar surface area (TPSA) is 80.9 Å². The van der Waals surface area contributed by atoms with Crippen molar-refractivity contribution in [3.05, 3.63) is 17.7 Å². The molecule has 1 aromatic carbocycles. The number of amides is 1. The second kappa shape index (κ2) is 13.3. The quantitative estimate of drug-likeness (QED) is 0.436. The maximum Gasteiger partial charge on any atom is 0.251 e. The van der Waals surface area contributed by atoms with Gasteiger partial charge in [0.15, 0.2) is 11.5 Å². The van der Waals surface area contributed by atoms with Crippen LogP contribution >= 0.6 is 0 Å². The molecule has 1 fully saturated rings. The molecule has 1 aromatic rings. The molecule has 1 aliphatic carbocycles. The highest BCUT2D eigenvalue weighted by molar-refractivity contribution is 5.95. The van der Waals surface area contributed by atoms with Gasteiger partial charge in [-0.3, -0.25) is 4.79 Å². The van der Waals surface area contributed by atoms with Crippen molar-refractivity contribution in [2.45, 2.75) is 51.0 Å². The average molecular weight is 408 g/mol. The first-order valence-electron chi connectivity index (χ1n) is 10.7. The van der Waals surface area contributed by atoms with E-state index in [9.17, 15) is 4.79 Å². The van der Waals surface area contributed by atoms with E-state index in [0.29, 0.717) is 29.4 Å². The number of carbonyl (C=O) groups is 1. The van der Waals surface area contributed by atoms with E-state index in [1.807, 2.05) is 0 Å². The fourth-order valence-corrected chi connectivity index (χ4v) is 3.69. The lowest BCUT2D eigenvalue weighted by atomic mass is 9.95. The molecular formula is C22H37N3O4. The Kier molecular flexibility index (Phi) is 10.7. The molecular weight excluding hydrogens is 370 g/mol. The molecule has 0 heterocycles. The van der Waals surface area contributed by atoms with E-state index in [2.05, 4.69) is 16.0 Å². The number of hydrogen-bond donors (Lipinski definition) is 3. The third kappa shape index (κ3) is 7.74. The molecule has 0 radical (unpaired) electrons. The van der Waals surface area contributed by atoms with Crippen LogP contribution in [0.5, 0.6) is 17.2 Å². The summed E-state index contributed by atoms with van der Waals surface area (Å²) in [6.45, 7) is 3.63. The van der Waals surface area contributed by atoms with Crippen LogP contribution in [-0.4, -0.2) is 59.5 Å². The van der Waals surface area contributed by atoms with Gasteiger partial charge in [0.1, 0.15) is 0 Å². The molecule has 3 N–H and O–H groups in total. The Bertz CT molecular complexity index is 593. The Morgan fingerprint density at radius 2 is 1.55 bits per heavy atom. The Hall–Kier alpha value is -1.99. The Morgan fingerprint density at radius 1 is 0.897 bits per heavy atom. The minimum absolute atomic E-state index is 0.145. The fraction of sp³-hybridized carbons (Fsp3) is 0.682. The molecule has 0 atom stereocenters. The van der Waals surface area contributed by atoms with Crippen molar-refractivity contribution >= 4 is 5.91 Å². The van der Waals surface area contributed by atoms with Gasteiger partial charge in [0.05, 0.1) is 21.3 Å². The zero-order valence-corrected chi connectivity index (χ0v) is 18.1. The van der Waals surface area contributed by atoms with E-state index in [-0.39, 0.29) is 5.91 Å². The average Bonchev–Trinajstić information content (AvgIpc) is 2.77. The molecule has 7 nitrogen and oxygen atoms in total. The molecule has 0 bridgehead atoms. The minimum atomic E-state index is -0.145. The minimum Gasteiger partial charge on any atom is -0.493 e. The van der Waals surface area contributed by atoms with E-state index in [4.69, 9.17) is 14.2 Å². The monoisotopic (exact) mass is 407 g/mol. The Morgan fingerprint density at radius 3 is 2.17 bits per heavy atom. The zero-order chi connectivity index (χ0) is 20.9. The van der Waals surface area contributed by atoms with Crippen LogP contribution in [0.4, 0.5) is 0 Å². The number of unbranched alkanes of at least 4 members (excludes halogenated alkanes) is 1. The van der Waals surface area contributed by atoms with Gasteiger partial charge in [0.25, 0.3) is 5.91 Å². The number of ether oxygens (including phenoxy) is 3. The molecule has 1 aliphatic rings. The zero-order valence-electron chi connectivity index (χ0n) is 18.1.